The number of hydrogen-bond acceptors (Lipinski definition) is 0. The Morgan fingerprint density at radius 3 is 0.222 bits per heavy atom. The monoisotopic (exact) mass is 252 g/mol. The van der Waals surface area contributed by atoms with Gasteiger partial charge in [0.2, 0.25) is 0 Å². The van der Waals surface area contributed by atoms with Crippen LogP contribution in [0.1, 0.15) is 116 Å². The summed E-state index contributed by atoms with van der Waals surface area (Å²) >= 11 is 0. The Balaban J connectivity index is 0.000000123. The normalized spacial score (nSPS) is 24.0. The zero-order valence-corrected chi connectivity index (χ0v) is 12.7. The quantitative estimate of drug-likeness (QED) is 0.434. The lowest BCUT2D eigenvalue weighted by molar-refractivity contribution is 0.504. The maximum absolute atomic E-state index is 1.50. The lowest BCUT2D eigenvalue weighted by atomic mass is 10.0. The third-order valence-corrected chi connectivity index (χ3v) is 4.10. The van der Waals surface area contributed by atoms with Crippen LogP contribution in [0.5, 0.6) is 0 Å². The summed E-state index contributed by atoms with van der Waals surface area (Å²) in [5.74, 6) is 0. The summed E-state index contributed by atoms with van der Waals surface area (Å²) in [6.45, 7) is 0. The van der Waals surface area contributed by atoms with Gasteiger partial charge in [0.1, 0.15) is 0 Å². The van der Waals surface area contributed by atoms with Gasteiger partial charge < -0.3 is 0 Å². The molecule has 0 radical (unpaired) electrons. The van der Waals surface area contributed by atoms with Crippen molar-refractivity contribution < 1.29 is 0 Å². The first kappa shape index (κ1) is 16.1. The molecule has 0 amide bonds. The molecule has 0 aromatic carbocycles. The summed E-state index contributed by atoms with van der Waals surface area (Å²) in [6, 6.07) is 0. The molecule has 4 aliphatic carbocycles. The van der Waals surface area contributed by atoms with Crippen LogP contribution in [0.2, 0.25) is 0 Å². The summed E-state index contributed by atoms with van der Waals surface area (Å²) in [5.41, 5.74) is 0. The lowest BCUT2D eigenvalue weighted by Gasteiger charge is -2.05. The van der Waals surface area contributed by atoms with Crippen LogP contribution < -0.4 is 0 Å². The molecule has 0 heterocycles. The Bertz CT molecular complexity index is 110. The minimum Gasteiger partial charge on any atom is -0.0533 e. The van der Waals surface area contributed by atoms with Gasteiger partial charge in [-0.2, -0.15) is 0 Å². The van der Waals surface area contributed by atoms with Crippen molar-refractivity contribution in [2.45, 2.75) is 116 Å². The lowest BCUT2D eigenvalue weighted by Crippen LogP contribution is -1.85. The third-order valence-electron chi connectivity index (χ3n) is 4.10. The Morgan fingerprint density at radius 2 is 0.167 bits per heavy atom. The largest absolute Gasteiger partial charge is 0.0533 e. The number of rotatable bonds is 0. The van der Waals surface area contributed by atoms with E-state index in [0.717, 1.165) is 0 Å². The van der Waals surface area contributed by atoms with Crippen molar-refractivity contribution in [2.24, 2.45) is 0 Å². The predicted molar refractivity (Wildman–Crippen MR) is 83.1 cm³/mol. The summed E-state index contributed by atoms with van der Waals surface area (Å²) < 4.78 is 0. The average Bonchev–Trinajstić information content (AvgIpc) is 3.12. The highest BCUT2D eigenvalue weighted by atomic mass is 14.0. The molecule has 0 aromatic heterocycles. The van der Waals surface area contributed by atoms with Gasteiger partial charge in [0.15, 0.2) is 0 Å². The molecule has 4 rings (SSSR count). The van der Waals surface area contributed by atoms with Gasteiger partial charge in [0, 0.05) is 0 Å². The average molecular weight is 252 g/mol. The highest BCUT2D eigenvalue weighted by Crippen LogP contribution is 2.16. The Hall–Kier alpha value is 0. The third kappa shape index (κ3) is 14.1. The molecule has 0 saturated heterocycles. The van der Waals surface area contributed by atoms with Crippen molar-refractivity contribution in [1.82, 2.24) is 0 Å². The fraction of sp³-hybridized carbons (Fsp3) is 1.00. The van der Waals surface area contributed by atoms with Crippen molar-refractivity contribution in [3.05, 3.63) is 0 Å². The van der Waals surface area contributed by atoms with Crippen LogP contribution >= 0.6 is 0 Å². The zero-order valence-electron chi connectivity index (χ0n) is 12.7. The van der Waals surface area contributed by atoms with Crippen LogP contribution in [0.3, 0.4) is 0 Å². The smallest absolute Gasteiger partial charge is 0.0533 e. The van der Waals surface area contributed by atoms with Crippen molar-refractivity contribution in [3.8, 4) is 0 Å². The molecule has 0 unspecified atom stereocenters. The standard InChI is InChI=1S/C6H12.C5H10.C4H8.C3H6/c1-2-4-6-5-3-1;1-2-4-5-3-1;1-2-4-3-1;1-2-3-1/h1-6H2;1-5H2;1-4H2;1-3H2. The predicted octanol–water partition coefficient (Wildman–Crippen LogP) is 7.02. The fourth-order valence-corrected chi connectivity index (χ4v) is 2.19. The van der Waals surface area contributed by atoms with Crippen molar-refractivity contribution in [1.29, 1.82) is 0 Å². The van der Waals surface area contributed by atoms with Crippen LogP contribution in [0.4, 0.5) is 0 Å². The summed E-state index contributed by atoms with van der Waals surface area (Å²) in [5, 5.41) is 0. The van der Waals surface area contributed by atoms with Crippen LogP contribution in [0, 0.1) is 0 Å². The molecule has 0 nitrogen and oxygen atoms in total. The van der Waals surface area contributed by atoms with Gasteiger partial charge in [-0.15, -0.1) is 0 Å². The van der Waals surface area contributed by atoms with E-state index in [1.165, 1.54) is 116 Å². The second-order valence-corrected chi connectivity index (χ2v) is 6.36. The highest BCUT2D eigenvalue weighted by Gasteiger charge is 1.96. The van der Waals surface area contributed by atoms with Gasteiger partial charge in [-0.1, -0.05) is 116 Å². The molecule has 0 bridgehead atoms. The van der Waals surface area contributed by atoms with Gasteiger partial charge in [-0.05, 0) is 0 Å². The molecule has 0 atom stereocenters. The molecule has 0 spiro atoms. The van der Waals surface area contributed by atoms with Gasteiger partial charge in [0.05, 0.1) is 0 Å². The van der Waals surface area contributed by atoms with Crippen molar-refractivity contribution in [2.75, 3.05) is 0 Å². The SMILES string of the molecule is C1CC1.C1CCC1.C1CCCC1.C1CCCCC1. The van der Waals surface area contributed by atoms with Crippen LogP contribution in [0.25, 0.3) is 0 Å². The Kier molecular flexibility index (Phi) is 12.0. The first-order valence-corrected chi connectivity index (χ1v) is 9.00. The van der Waals surface area contributed by atoms with Gasteiger partial charge >= 0.3 is 0 Å². The summed E-state index contributed by atoms with van der Waals surface area (Å²) in [4.78, 5) is 0. The first-order valence-electron chi connectivity index (χ1n) is 9.00. The van der Waals surface area contributed by atoms with E-state index in [9.17, 15) is 0 Å². The van der Waals surface area contributed by atoms with Crippen LogP contribution in [0.15, 0.2) is 0 Å². The fourth-order valence-electron chi connectivity index (χ4n) is 2.19. The minimum absolute atomic E-state index is 1.50. The van der Waals surface area contributed by atoms with Crippen LogP contribution in [-0.4, -0.2) is 0 Å². The van der Waals surface area contributed by atoms with E-state index in [1.54, 1.807) is 0 Å². The van der Waals surface area contributed by atoms with E-state index in [2.05, 4.69) is 0 Å². The van der Waals surface area contributed by atoms with E-state index in [0.29, 0.717) is 0 Å². The molecule has 4 aliphatic rings. The van der Waals surface area contributed by atoms with Gasteiger partial charge in [-0.25, -0.2) is 0 Å². The minimum atomic E-state index is 1.50. The Labute approximate surface area is 116 Å². The molecule has 0 N–H and O–H groups in total. The molecule has 4 saturated carbocycles. The number of hydrogen-bond donors (Lipinski definition) is 0. The molecule has 0 aliphatic heterocycles. The van der Waals surface area contributed by atoms with E-state index in [1.807, 2.05) is 0 Å². The summed E-state index contributed by atoms with van der Waals surface area (Å²) in [6.07, 6.45) is 27.0. The first-order chi connectivity index (χ1) is 9.00. The van der Waals surface area contributed by atoms with E-state index >= 15 is 0 Å². The zero-order chi connectivity index (χ0) is 12.7. The van der Waals surface area contributed by atoms with Crippen LogP contribution in [-0.2, 0) is 0 Å². The molecule has 18 heavy (non-hydrogen) atoms. The summed E-state index contributed by atoms with van der Waals surface area (Å²) in [7, 11) is 0. The maximum Gasteiger partial charge on any atom is -0.0533 e. The maximum atomic E-state index is 1.50. The molecular formula is C18H36. The van der Waals surface area contributed by atoms with E-state index in [-0.39, 0.29) is 0 Å². The van der Waals surface area contributed by atoms with E-state index < -0.39 is 0 Å². The second kappa shape index (κ2) is 13.4. The van der Waals surface area contributed by atoms with Gasteiger partial charge in [-0.3, -0.25) is 0 Å². The Morgan fingerprint density at radius 1 is 0.111 bits per heavy atom. The molecule has 0 aromatic rings. The molecular weight excluding hydrogens is 216 g/mol. The highest BCUT2D eigenvalue weighted by molar-refractivity contribution is 4.52. The van der Waals surface area contributed by atoms with Gasteiger partial charge in [0.25, 0.3) is 0 Å². The molecule has 108 valence electrons. The van der Waals surface area contributed by atoms with Crippen molar-refractivity contribution in [3.63, 3.8) is 0 Å². The molecule has 4 fully saturated rings. The molecule has 0 heteroatoms. The van der Waals surface area contributed by atoms with Crippen molar-refractivity contribution >= 4 is 0 Å². The second-order valence-electron chi connectivity index (χ2n) is 6.36. The topological polar surface area (TPSA) is 0 Å². The van der Waals surface area contributed by atoms with E-state index in [4.69, 9.17) is 0 Å².